The second-order valence-electron chi connectivity index (χ2n) is 26.6. The fourth-order valence-corrected chi connectivity index (χ4v) is 12.3. The fraction of sp³-hybridized carbons (Fsp3) is 0.961. The van der Waals surface area contributed by atoms with Crippen molar-refractivity contribution in [2.45, 2.75) is 463 Å². The third kappa shape index (κ3) is 71.1. The van der Waals surface area contributed by atoms with Crippen LogP contribution in [0.5, 0.6) is 0 Å². The number of rotatable bonds is 73. The zero-order valence-electron chi connectivity index (χ0n) is 57.0. The van der Waals surface area contributed by atoms with Gasteiger partial charge in [-0.1, -0.05) is 419 Å². The molecule has 0 spiro atoms. The first-order valence-corrected chi connectivity index (χ1v) is 38.5. The summed E-state index contributed by atoms with van der Waals surface area (Å²) in [5.74, 6) is -0.815. The summed E-state index contributed by atoms with van der Waals surface area (Å²) >= 11 is 0. The lowest BCUT2D eigenvalue weighted by Gasteiger charge is -2.18. The molecule has 0 bridgehead atoms. The molecular weight excluding hydrogens is 1020 g/mol. The first kappa shape index (κ1) is 81.4. The van der Waals surface area contributed by atoms with Gasteiger partial charge in [-0.05, 0) is 19.3 Å². The molecule has 0 N–H and O–H groups in total. The van der Waals surface area contributed by atoms with Crippen molar-refractivity contribution < 1.29 is 28.6 Å². The van der Waals surface area contributed by atoms with Crippen LogP contribution in [0.1, 0.15) is 457 Å². The molecule has 0 aliphatic rings. The normalized spacial score (nSPS) is 11.9. The monoisotopic (exact) mass is 1170 g/mol. The average molecular weight is 1170 g/mol. The van der Waals surface area contributed by atoms with Crippen LogP contribution in [0.2, 0.25) is 0 Å². The Balaban J connectivity index is 4.17. The largest absolute Gasteiger partial charge is 0.462 e. The number of esters is 3. The van der Waals surface area contributed by atoms with Gasteiger partial charge in [0.1, 0.15) is 13.2 Å². The van der Waals surface area contributed by atoms with E-state index in [0.717, 1.165) is 57.8 Å². The molecule has 0 heterocycles. The molecule has 6 heteroatoms. The maximum atomic E-state index is 13.0. The van der Waals surface area contributed by atoms with Crippen LogP contribution in [-0.2, 0) is 28.6 Å². The summed E-state index contributed by atoms with van der Waals surface area (Å²) in [4.78, 5) is 38.5. The predicted molar refractivity (Wildman–Crippen MR) is 363 cm³/mol. The van der Waals surface area contributed by atoms with Crippen molar-refractivity contribution in [2.24, 2.45) is 0 Å². The number of carbonyl (C=O) groups excluding carboxylic acids is 3. The van der Waals surface area contributed by atoms with Gasteiger partial charge in [0.15, 0.2) is 6.10 Å². The topological polar surface area (TPSA) is 78.9 Å². The minimum Gasteiger partial charge on any atom is -0.462 e. The Kier molecular flexibility index (Phi) is 71.5. The van der Waals surface area contributed by atoms with Gasteiger partial charge < -0.3 is 14.2 Å². The summed E-state index contributed by atoms with van der Waals surface area (Å²) in [6, 6.07) is 0. The van der Waals surface area contributed by atoms with E-state index in [4.69, 9.17) is 14.2 Å². The summed E-state index contributed by atoms with van der Waals surface area (Å²) in [6.07, 6.45) is 87.3. The van der Waals surface area contributed by atoms with Gasteiger partial charge in [-0.3, -0.25) is 14.4 Å². The van der Waals surface area contributed by atoms with Gasteiger partial charge >= 0.3 is 17.9 Å². The number of carbonyl (C=O) groups is 3. The molecule has 0 aromatic carbocycles. The second kappa shape index (κ2) is 72.9. The van der Waals surface area contributed by atoms with Crippen molar-refractivity contribution in [2.75, 3.05) is 13.2 Å². The van der Waals surface area contributed by atoms with Crippen molar-refractivity contribution in [3.8, 4) is 0 Å². The van der Waals surface area contributed by atoms with Crippen molar-refractivity contribution in [1.29, 1.82) is 0 Å². The lowest BCUT2D eigenvalue weighted by atomic mass is 10.0. The van der Waals surface area contributed by atoms with Gasteiger partial charge in [-0.15, -0.1) is 0 Å². The van der Waals surface area contributed by atoms with E-state index < -0.39 is 6.10 Å². The Bertz CT molecular complexity index is 1250. The number of unbranched alkanes of at least 4 members (excludes halogenated alkanes) is 62. The molecule has 0 saturated carbocycles. The van der Waals surface area contributed by atoms with Crippen LogP contribution in [0.4, 0.5) is 0 Å². The summed E-state index contributed by atoms with van der Waals surface area (Å²) in [5.41, 5.74) is 0. The Morgan fingerprint density at radius 2 is 0.325 bits per heavy atom. The van der Waals surface area contributed by atoms with Gasteiger partial charge in [0.2, 0.25) is 0 Å². The van der Waals surface area contributed by atoms with Crippen molar-refractivity contribution in [3.05, 3.63) is 0 Å². The maximum absolute atomic E-state index is 13.0. The van der Waals surface area contributed by atoms with E-state index in [2.05, 4.69) is 20.8 Å². The molecule has 494 valence electrons. The highest BCUT2D eigenvalue weighted by molar-refractivity contribution is 5.71. The van der Waals surface area contributed by atoms with Gasteiger partial charge in [0.25, 0.3) is 0 Å². The third-order valence-electron chi connectivity index (χ3n) is 18.1. The molecule has 1 atom stereocenters. The van der Waals surface area contributed by atoms with Crippen molar-refractivity contribution in [1.82, 2.24) is 0 Å². The Morgan fingerprint density at radius 3 is 0.482 bits per heavy atom. The molecule has 6 nitrogen and oxygen atoms in total. The lowest BCUT2D eigenvalue weighted by Crippen LogP contribution is -2.30. The van der Waals surface area contributed by atoms with E-state index in [1.807, 2.05) is 0 Å². The maximum Gasteiger partial charge on any atom is 0.306 e. The van der Waals surface area contributed by atoms with E-state index in [0.29, 0.717) is 19.3 Å². The highest BCUT2D eigenvalue weighted by Gasteiger charge is 2.20. The Morgan fingerprint density at radius 1 is 0.193 bits per heavy atom. The summed E-state index contributed by atoms with van der Waals surface area (Å²) in [7, 11) is 0. The molecular formula is C77H150O6. The zero-order valence-corrected chi connectivity index (χ0v) is 57.0. The van der Waals surface area contributed by atoms with Gasteiger partial charge in [-0.25, -0.2) is 0 Å². The number of ether oxygens (including phenoxy) is 3. The van der Waals surface area contributed by atoms with Crippen LogP contribution >= 0.6 is 0 Å². The molecule has 0 rings (SSSR count). The average Bonchev–Trinajstić information content (AvgIpc) is 3.50. The van der Waals surface area contributed by atoms with Crippen LogP contribution in [0.3, 0.4) is 0 Å². The zero-order chi connectivity index (χ0) is 59.9. The van der Waals surface area contributed by atoms with E-state index >= 15 is 0 Å². The molecule has 0 aliphatic heterocycles. The molecule has 0 radical (unpaired) electrons. The minimum atomic E-state index is -0.764. The highest BCUT2D eigenvalue weighted by Crippen LogP contribution is 2.20. The van der Waals surface area contributed by atoms with Crippen LogP contribution in [0, 0.1) is 0 Å². The summed E-state index contributed by atoms with van der Waals surface area (Å²) in [5, 5.41) is 0. The first-order valence-electron chi connectivity index (χ1n) is 38.5. The highest BCUT2D eigenvalue weighted by atomic mass is 16.6. The van der Waals surface area contributed by atoms with Gasteiger partial charge in [0, 0.05) is 19.3 Å². The molecule has 1 unspecified atom stereocenters. The van der Waals surface area contributed by atoms with E-state index in [-0.39, 0.29) is 31.1 Å². The summed E-state index contributed by atoms with van der Waals surface area (Å²) in [6.45, 7) is 6.76. The van der Waals surface area contributed by atoms with Crippen LogP contribution in [0.25, 0.3) is 0 Å². The SMILES string of the molecule is CCCCCCCCCCCCCCCCCCCCCCCCCCCCCC(=O)OCC(COC(=O)CCCCCCCCCCCCCCCC)OC(=O)CCCCCCCCCCCCCCCCCCCCCCCCCC. The van der Waals surface area contributed by atoms with Crippen molar-refractivity contribution >= 4 is 17.9 Å². The van der Waals surface area contributed by atoms with E-state index in [1.165, 1.54) is 360 Å². The lowest BCUT2D eigenvalue weighted by molar-refractivity contribution is -0.167. The van der Waals surface area contributed by atoms with Crippen molar-refractivity contribution in [3.63, 3.8) is 0 Å². The summed E-state index contributed by atoms with van der Waals surface area (Å²) < 4.78 is 17.1. The van der Waals surface area contributed by atoms with Gasteiger partial charge in [0.05, 0.1) is 0 Å². The molecule has 0 aromatic rings. The smallest absolute Gasteiger partial charge is 0.306 e. The molecule has 0 saturated heterocycles. The standard InChI is InChI=1S/C77H150O6/c1-4-7-10-13-16-19-22-25-28-30-32-34-36-38-39-40-42-43-45-47-49-52-55-58-61-64-67-70-76(79)82-73-74(72-81-75(78)69-66-63-60-57-54-51-27-24-21-18-15-12-9-6-3)83-77(80)71-68-65-62-59-56-53-50-48-46-44-41-37-35-33-31-29-26-23-20-17-14-11-8-5-2/h74H,4-73H2,1-3H3. The van der Waals surface area contributed by atoms with Gasteiger partial charge in [-0.2, -0.15) is 0 Å². The molecule has 0 amide bonds. The van der Waals surface area contributed by atoms with Crippen LogP contribution in [0.15, 0.2) is 0 Å². The quantitative estimate of drug-likeness (QED) is 0.0343. The third-order valence-corrected chi connectivity index (χ3v) is 18.1. The van der Waals surface area contributed by atoms with E-state index in [1.54, 1.807) is 0 Å². The fourth-order valence-electron chi connectivity index (χ4n) is 12.3. The van der Waals surface area contributed by atoms with Crippen LogP contribution < -0.4 is 0 Å². The predicted octanol–water partition coefficient (Wildman–Crippen LogP) is 26.6. The Hall–Kier alpha value is -1.59. The number of hydrogen-bond acceptors (Lipinski definition) is 6. The minimum absolute atomic E-state index is 0.0599. The second-order valence-corrected chi connectivity index (χ2v) is 26.6. The molecule has 0 aromatic heterocycles. The first-order chi connectivity index (χ1) is 41.0. The molecule has 0 fully saturated rings. The molecule has 0 aliphatic carbocycles. The molecule has 83 heavy (non-hydrogen) atoms. The number of hydrogen-bond donors (Lipinski definition) is 0. The Labute approximate surface area is 520 Å². The van der Waals surface area contributed by atoms with Crippen LogP contribution in [-0.4, -0.2) is 37.2 Å². The van der Waals surface area contributed by atoms with E-state index in [9.17, 15) is 14.4 Å².